The van der Waals surface area contributed by atoms with Crippen molar-refractivity contribution in [2.24, 2.45) is 0 Å². The Bertz CT molecular complexity index is 2730. The van der Waals surface area contributed by atoms with Crippen molar-refractivity contribution >= 4 is 23.6 Å². The minimum Gasteiger partial charge on any atom is -0.483 e. The molecule has 0 saturated heterocycles. The van der Waals surface area contributed by atoms with Gasteiger partial charge >= 0.3 is 0 Å². The van der Waals surface area contributed by atoms with Gasteiger partial charge in [-0.3, -0.25) is 19.2 Å². The summed E-state index contributed by atoms with van der Waals surface area (Å²) in [6.07, 6.45) is 9.18. The fourth-order valence-corrected chi connectivity index (χ4v) is 9.09. The first-order valence-corrected chi connectivity index (χ1v) is 27.8. The molecule has 0 spiro atoms. The van der Waals surface area contributed by atoms with Gasteiger partial charge in [0.05, 0.1) is 0 Å². The highest BCUT2D eigenvalue weighted by molar-refractivity contribution is 5.79. The summed E-state index contributed by atoms with van der Waals surface area (Å²) in [5, 5.41) is 11.8. The highest BCUT2D eigenvalue weighted by Crippen LogP contribution is 2.39. The maximum Gasteiger partial charge on any atom is 0.257 e. The van der Waals surface area contributed by atoms with Crippen molar-refractivity contribution in [3.63, 3.8) is 0 Å². The Morgan fingerprint density at radius 1 is 0.468 bits per heavy atom. The maximum absolute atomic E-state index is 13.7. The van der Waals surface area contributed by atoms with Gasteiger partial charge in [-0.15, -0.1) is 13.2 Å². The highest BCUT2D eigenvalue weighted by atomic mass is 16.5. The van der Waals surface area contributed by atoms with Crippen LogP contribution in [-0.4, -0.2) is 127 Å². The molecule has 428 valence electrons. The summed E-state index contributed by atoms with van der Waals surface area (Å²) in [7, 11) is 7.80. The van der Waals surface area contributed by atoms with Gasteiger partial charge in [0.1, 0.15) is 23.0 Å². The first-order valence-electron chi connectivity index (χ1n) is 27.8. The summed E-state index contributed by atoms with van der Waals surface area (Å²) in [5.74, 6) is 1.22. The normalized spacial score (nSPS) is 11.0. The number of carbonyl (C=O) groups excluding carboxylic acids is 4. The number of hydrogen-bond donors (Lipinski definition) is 4. The quantitative estimate of drug-likeness (QED) is 0.0322. The maximum atomic E-state index is 13.7. The van der Waals surface area contributed by atoms with Crippen LogP contribution in [0.4, 0.5) is 0 Å². The topological polar surface area (TPSA) is 160 Å². The third kappa shape index (κ3) is 22.6. The second kappa shape index (κ2) is 34.0. The van der Waals surface area contributed by atoms with Crippen LogP contribution in [0.2, 0.25) is 0 Å². The van der Waals surface area contributed by atoms with Gasteiger partial charge in [0.15, 0.2) is 26.4 Å². The zero-order valence-electron chi connectivity index (χ0n) is 49.0. The third-order valence-electron chi connectivity index (χ3n) is 12.6. The van der Waals surface area contributed by atoms with Crippen molar-refractivity contribution in [2.45, 2.75) is 98.8 Å². The lowest BCUT2D eigenvalue weighted by molar-refractivity contribution is -0.123. The average Bonchev–Trinajstić information content (AvgIpc) is 3.42. The lowest BCUT2D eigenvalue weighted by atomic mass is 9.89. The van der Waals surface area contributed by atoms with E-state index in [2.05, 4.69) is 97.0 Å². The van der Waals surface area contributed by atoms with Crippen LogP contribution in [0.1, 0.15) is 109 Å². The number of amides is 4. The molecular formula is C65H90N6O8. The molecule has 4 aromatic rings. The Hall–Kier alpha value is -7.16. The predicted octanol–water partition coefficient (Wildman–Crippen LogP) is 8.64. The van der Waals surface area contributed by atoms with Gasteiger partial charge in [-0.1, -0.05) is 106 Å². The number of hydrogen-bond acceptors (Lipinski definition) is 10. The average molecular weight is 1080 g/mol. The number of nitrogens with one attached hydrogen (secondary N) is 4. The van der Waals surface area contributed by atoms with E-state index in [1.165, 1.54) is 0 Å². The van der Waals surface area contributed by atoms with E-state index in [1.807, 2.05) is 90.0 Å². The molecule has 0 radical (unpaired) electrons. The van der Waals surface area contributed by atoms with Crippen LogP contribution in [0.25, 0.3) is 0 Å². The minimum absolute atomic E-state index is 0.154. The molecule has 0 aromatic heterocycles. The lowest BCUT2D eigenvalue weighted by Crippen LogP contribution is -2.34. The monoisotopic (exact) mass is 1080 g/mol. The lowest BCUT2D eigenvalue weighted by Gasteiger charge is -2.23. The second-order valence-electron chi connectivity index (χ2n) is 21.0. The molecule has 79 heavy (non-hydrogen) atoms. The number of benzene rings is 4. The van der Waals surface area contributed by atoms with Crippen LogP contribution in [0.5, 0.6) is 23.0 Å². The summed E-state index contributed by atoms with van der Waals surface area (Å²) in [6.45, 7) is 29.1. The van der Waals surface area contributed by atoms with Crippen LogP contribution in [-0.2, 0) is 70.5 Å². The standard InChI is InChI=1S/C65H90N6O8/c1-14-19-47-21-22-58(76-41-59(72)68-25-27-70(10)11)52(31-47)38-55-36-50(30-46(8)9)37-57(65(55)78-43-61(74)67-24-17-4)40-54-33-48(20-15-2)32-53(64(54)79-44-62(75)69-26-28-71(12)13)39-56-35-49(29-45(6)7)34-51(18-5)63(56)77-42-60(73)66-23-16-3/h14-15,21-22,31-37H,1-2,6,8,16-20,23-30,38-44H2,3-5,7,9-13H3,(H,66,73)(H,67,74)(H,68,72)(H,69,75). The molecule has 0 saturated carbocycles. The molecule has 14 nitrogen and oxygen atoms in total. The predicted molar refractivity (Wildman–Crippen MR) is 320 cm³/mol. The number of ether oxygens (including phenoxy) is 4. The van der Waals surface area contributed by atoms with Crippen molar-refractivity contribution in [2.75, 3.05) is 93.9 Å². The zero-order valence-corrected chi connectivity index (χ0v) is 49.0. The zero-order chi connectivity index (χ0) is 57.9. The van der Waals surface area contributed by atoms with Crippen LogP contribution in [0.3, 0.4) is 0 Å². The summed E-state index contributed by atoms with van der Waals surface area (Å²) < 4.78 is 26.3. The highest BCUT2D eigenvalue weighted by Gasteiger charge is 2.24. The van der Waals surface area contributed by atoms with E-state index < -0.39 is 0 Å². The fourth-order valence-electron chi connectivity index (χ4n) is 9.09. The van der Waals surface area contributed by atoms with Crippen molar-refractivity contribution in [3.05, 3.63) is 165 Å². The van der Waals surface area contributed by atoms with Gasteiger partial charge in [0.25, 0.3) is 23.6 Å². The van der Waals surface area contributed by atoms with Crippen molar-refractivity contribution in [3.8, 4) is 23.0 Å². The molecule has 4 N–H and O–H groups in total. The van der Waals surface area contributed by atoms with Gasteiger partial charge < -0.3 is 50.0 Å². The summed E-state index contributed by atoms with van der Waals surface area (Å²) in [6, 6.07) is 18.6. The van der Waals surface area contributed by atoms with Crippen LogP contribution >= 0.6 is 0 Å². The van der Waals surface area contributed by atoms with Crippen LogP contribution in [0, 0.1) is 0 Å². The molecule has 4 aromatic carbocycles. The van der Waals surface area contributed by atoms with E-state index in [0.717, 1.165) is 85.2 Å². The van der Waals surface area contributed by atoms with E-state index in [4.69, 9.17) is 18.9 Å². The van der Waals surface area contributed by atoms with Crippen molar-refractivity contribution in [1.82, 2.24) is 31.1 Å². The molecule has 0 unspecified atom stereocenters. The number of likely N-dealkylation sites (N-methyl/N-ethyl adjacent to an activating group) is 2. The first-order chi connectivity index (χ1) is 37.9. The molecule has 0 atom stereocenters. The summed E-state index contributed by atoms with van der Waals surface area (Å²) >= 11 is 0. The molecular weight excluding hydrogens is 993 g/mol. The van der Waals surface area contributed by atoms with Crippen LogP contribution < -0.4 is 40.2 Å². The molecule has 4 amide bonds. The fraction of sp³-hybridized carbons (Fsp3) is 0.446. The summed E-state index contributed by atoms with van der Waals surface area (Å²) in [5.41, 5.74) is 11.7. The Morgan fingerprint density at radius 2 is 0.810 bits per heavy atom. The van der Waals surface area contributed by atoms with E-state index in [0.29, 0.717) is 107 Å². The Balaban J connectivity index is 2.03. The van der Waals surface area contributed by atoms with Crippen LogP contribution in [0.15, 0.2) is 104 Å². The number of carbonyl (C=O) groups is 4. The Kier molecular flexibility index (Phi) is 27.7. The van der Waals surface area contributed by atoms with E-state index in [1.54, 1.807) is 0 Å². The van der Waals surface area contributed by atoms with E-state index in [9.17, 15) is 19.2 Å². The van der Waals surface area contributed by atoms with Gasteiger partial charge in [0.2, 0.25) is 0 Å². The number of aryl methyl sites for hydroxylation is 1. The van der Waals surface area contributed by atoms with Gasteiger partial charge in [-0.05, 0) is 154 Å². The van der Waals surface area contributed by atoms with Gasteiger partial charge in [0, 0.05) is 58.5 Å². The smallest absolute Gasteiger partial charge is 0.257 e. The van der Waals surface area contributed by atoms with Gasteiger partial charge in [-0.25, -0.2) is 0 Å². The SMILES string of the molecule is C=CCc1ccc(OCC(=O)NCCN(C)C)c(Cc2cc(CC(=C)C)cc(Cc3cc(CC=C)cc(Cc4cc(CC(=C)C)cc(CC)c4OCC(=O)NCCC)c3OCC(=O)NCCN(C)C)c2OCC(=O)NCCC)c1. The molecule has 14 heteroatoms. The second-order valence-corrected chi connectivity index (χ2v) is 21.0. The minimum atomic E-state index is -0.275. The largest absolute Gasteiger partial charge is 0.483 e. The molecule has 0 aliphatic heterocycles. The molecule has 0 heterocycles. The van der Waals surface area contributed by atoms with Gasteiger partial charge in [-0.2, -0.15) is 0 Å². The Morgan fingerprint density at radius 3 is 1.19 bits per heavy atom. The molecule has 0 aliphatic rings. The molecule has 0 aliphatic carbocycles. The molecule has 4 rings (SSSR count). The van der Waals surface area contributed by atoms with Crippen molar-refractivity contribution < 1.29 is 38.1 Å². The number of nitrogens with zero attached hydrogens (tertiary/aromatic N) is 2. The van der Waals surface area contributed by atoms with E-state index in [-0.39, 0.29) is 56.5 Å². The number of rotatable bonds is 37. The Labute approximate surface area is 472 Å². The number of allylic oxidation sites excluding steroid dienone is 4. The third-order valence-corrected chi connectivity index (χ3v) is 12.6. The van der Waals surface area contributed by atoms with Crippen molar-refractivity contribution in [1.29, 1.82) is 0 Å². The first kappa shape index (κ1) is 64.4. The molecule has 0 fully saturated rings. The summed E-state index contributed by atoms with van der Waals surface area (Å²) in [4.78, 5) is 57.2. The van der Waals surface area contributed by atoms with E-state index >= 15 is 0 Å². The molecule has 0 bridgehead atoms.